The number of Topliss-reactive ketones (excluding diaryl/α,β-unsaturated/α-hetero) is 1. The molecule has 0 N–H and O–H groups in total. The lowest BCUT2D eigenvalue weighted by atomic mass is 9.44. The maximum Gasteiger partial charge on any atom is 0.302 e. The second kappa shape index (κ2) is 6.46. The van der Waals surface area contributed by atoms with Gasteiger partial charge in [0.2, 0.25) is 0 Å². The number of carbonyl (C=O) groups excluding carboxylic acids is 2. The Hall–Kier alpha value is -1.12. The van der Waals surface area contributed by atoms with E-state index in [0.717, 1.165) is 36.7 Å². The molecule has 0 aromatic rings. The highest BCUT2D eigenvalue weighted by atomic mass is 16.5. The van der Waals surface area contributed by atoms with Crippen LogP contribution < -0.4 is 0 Å². The highest BCUT2D eigenvalue weighted by Crippen LogP contribution is 2.67. The van der Waals surface area contributed by atoms with Crippen molar-refractivity contribution in [1.29, 1.82) is 0 Å². The van der Waals surface area contributed by atoms with Gasteiger partial charge in [0.25, 0.3) is 0 Å². The van der Waals surface area contributed by atoms with E-state index in [4.69, 9.17) is 4.74 Å². The number of hydrogen-bond donors (Lipinski definition) is 0. The van der Waals surface area contributed by atoms with Crippen molar-refractivity contribution in [3.63, 3.8) is 0 Å². The fourth-order valence-electron chi connectivity index (χ4n) is 8.19. The van der Waals surface area contributed by atoms with Gasteiger partial charge in [0, 0.05) is 6.92 Å². The quantitative estimate of drug-likeness (QED) is 0.603. The van der Waals surface area contributed by atoms with E-state index in [-0.39, 0.29) is 17.5 Å². The van der Waals surface area contributed by atoms with Gasteiger partial charge in [0.05, 0.1) is 0 Å². The van der Waals surface area contributed by atoms with E-state index >= 15 is 0 Å². The number of hydrogen-bond acceptors (Lipinski definition) is 3. The molecule has 3 heteroatoms. The Morgan fingerprint density at radius 1 is 1.00 bits per heavy atom. The highest BCUT2D eigenvalue weighted by Gasteiger charge is 2.59. The maximum atomic E-state index is 12.4. The molecule has 0 aromatic carbocycles. The van der Waals surface area contributed by atoms with Gasteiger partial charge in [-0.25, -0.2) is 0 Å². The van der Waals surface area contributed by atoms with Crippen LogP contribution >= 0.6 is 0 Å². The van der Waals surface area contributed by atoms with Crippen LogP contribution in [0.1, 0.15) is 86.0 Å². The van der Waals surface area contributed by atoms with Gasteiger partial charge in [-0.05, 0) is 105 Å². The first-order valence-corrected chi connectivity index (χ1v) is 11.0. The van der Waals surface area contributed by atoms with E-state index in [2.05, 4.69) is 20.8 Å². The lowest BCUT2D eigenvalue weighted by molar-refractivity contribution is -0.159. The zero-order valence-electron chi connectivity index (χ0n) is 17.8. The number of ketones is 1. The van der Waals surface area contributed by atoms with E-state index < -0.39 is 0 Å². The summed E-state index contributed by atoms with van der Waals surface area (Å²) < 4.78 is 5.58. The van der Waals surface area contributed by atoms with Crippen LogP contribution in [-0.2, 0) is 14.3 Å². The van der Waals surface area contributed by atoms with Crippen LogP contribution in [0.25, 0.3) is 0 Å². The Labute approximate surface area is 164 Å². The SMILES string of the molecule is CC(=O)OC1CC[C@]2(C)C3CC[C@]4(C)C(C(C)=O)=C(C)CC4C3CC[C@H]2C1. The Morgan fingerprint density at radius 2 is 1.74 bits per heavy atom. The number of ether oxygens (including phenoxy) is 1. The lowest BCUT2D eigenvalue weighted by Gasteiger charge is -2.60. The maximum absolute atomic E-state index is 12.4. The van der Waals surface area contributed by atoms with E-state index in [1.165, 1.54) is 44.6 Å². The topological polar surface area (TPSA) is 43.4 Å². The van der Waals surface area contributed by atoms with Gasteiger partial charge in [-0.2, -0.15) is 0 Å². The number of rotatable bonds is 2. The molecule has 3 fully saturated rings. The van der Waals surface area contributed by atoms with Crippen LogP contribution in [0.4, 0.5) is 0 Å². The lowest BCUT2D eigenvalue weighted by Crippen LogP contribution is -2.54. The molecule has 0 aliphatic heterocycles. The summed E-state index contributed by atoms with van der Waals surface area (Å²) >= 11 is 0. The van der Waals surface area contributed by atoms with Crippen LogP contribution in [0.2, 0.25) is 0 Å². The first-order chi connectivity index (χ1) is 12.7. The van der Waals surface area contributed by atoms with Crippen molar-refractivity contribution < 1.29 is 14.3 Å². The van der Waals surface area contributed by atoms with Crippen molar-refractivity contribution in [3.8, 4) is 0 Å². The minimum Gasteiger partial charge on any atom is -0.463 e. The molecule has 4 aliphatic carbocycles. The summed E-state index contributed by atoms with van der Waals surface area (Å²) in [5.74, 6) is 3.03. The van der Waals surface area contributed by atoms with E-state index in [9.17, 15) is 9.59 Å². The highest BCUT2D eigenvalue weighted by molar-refractivity contribution is 5.96. The molecule has 4 unspecified atom stereocenters. The van der Waals surface area contributed by atoms with Crippen molar-refractivity contribution in [3.05, 3.63) is 11.1 Å². The van der Waals surface area contributed by atoms with E-state index in [1.807, 2.05) is 0 Å². The first-order valence-electron chi connectivity index (χ1n) is 11.0. The van der Waals surface area contributed by atoms with Gasteiger partial charge < -0.3 is 4.74 Å². The largest absolute Gasteiger partial charge is 0.463 e. The molecule has 0 heterocycles. The van der Waals surface area contributed by atoms with Gasteiger partial charge >= 0.3 is 5.97 Å². The molecule has 3 nitrogen and oxygen atoms in total. The third kappa shape index (κ3) is 2.83. The van der Waals surface area contributed by atoms with Crippen molar-refractivity contribution in [2.24, 2.45) is 34.5 Å². The molecular weight excluding hydrogens is 336 g/mol. The Bertz CT molecular complexity index is 692. The standard InChI is InChI=1S/C24H36O3/c1-14-12-21-19-7-6-17-13-18(27-16(3)26)8-10-23(17,4)20(19)9-11-24(21,5)22(14)15(2)25/h17-21H,6-13H2,1-5H3/t17-,18?,19?,20?,21?,23-,24-/m0/s1. The van der Waals surface area contributed by atoms with E-state index in [0.29, 0.717) is 23.0 Å². The molecular formula is C24H36O3. The van der Waals surface area contributed by atoms with Crippen molar-refractivity contribution in [2.75, 3.05) is 0 Å². The van der Waals surface area contributed by atoms with Gasteiger partial charge in [0.15, 0.2) is 5.78 Å². The third-order valence-corrected chi connectivity index (χ3v) is 9.22. The monoisotopic (exact) mass is 372 g/mol. The fraction of sp³-hybridized carbons (Fsp3) is 0.833. The molecule has 0 bridgehead atoms. The number of carbonyl (C=O) groups is 2. The summed E-state index contributed by atoms with van der Waals surface area (Å²) in [5, 5.41) is 0. The molecule has 3 saturated carbocycles. The first kappa shape index (κ1) is 19.2. The minimum absolute atomic E-state index is 0.106. The molecule has 0 amide bonds. The van der Waals surface area contributed by atoms with E-state index in [1.54, 1.807) is 6.92 Å². The Morgan fingerprint density at radius 3 is 2.41 bits per heavy atom. The summed E-state index contributed by atoms with van der Waals surface area (Å²) in [6.07, 6.45) is 9.49. The average molecular weight is 373 g/mol. The second-order valence-electron chi connectivity index (χ2n) is 10.5. The predicted octanol–water partition coefficient (Wildman–Crippen LogP) is 5.48. The zero-order valence-corrected chi connectivity index (χ0v) is 17.8. The second-order valence-corrected chi connectivity index (χ2v) is 10.5. The van der Waals surface area contributed by atoms with Crippen LogP contribution in [0.15, 0.2) is 11.1 Å². The minimum atomic E-state index is -0.130. The number of fused-ring (bicyclic) bond motifs is 5. The smallest absolute Gasteiger partial charge is 0.302 e. The van der Waals surface area contributed by atoms with Gasteiger partial charge in [-0.15, -0.1) is 0 Å². The van der Waals surface area contributed by atoms with Gasteiger partial charge in [-0.3, -0.25) is 9.59 Å². The summed E-state index contributed by atoms with van der Waals surface area (Å²) in [5.41, 5.74) is 3.02. The summed E-state index contributed by atoms with van der Waals surface area (Å²) in [7, 11) is 0. The molecule has 150 valence electrons. The molecule has 0 radical (unpaired) electrons. The molecule has 0 spiro atoms. The van der Waals surface area contributed by atoms with Crippen LogP contribution in [0.5, 0.6) is 0 Å². The fourth-order valence-corrected chi connectivity index (χ4v) is 8.19. The van der Waals surface area contributed by atoms with Gasteiger partial charge in [0.1, 0.15) is 6.10 Å². The normalized spacial score (nSPS) is 46.3. The predicted molar refractivity (Wildman–Crippen MR) is 106 cm³/mol. The van der Waals surface area contributed by atoms with Crippen LogP contribution in [-0.4, -0.2) is 17.9 Å². The van der Waals surface area contributed by atoms with Crippen LogP contribution in [0.3, 0.4) is 0 Å². The third-order valence-electron chi connectivity index (χ3n) is 9.22. The molecule has 27 heavy (non-hydrogen) atoms. The Kier molecular flexibility index (Phi) is 4.59. The number of allylic oxidation sites excluding steroid dienone is 2. The van der Waals surface area contributed by atoms with Crippen molar-refractivity contribution >= 4 is 11.8 Å². The molecule has 7 atom stereocenters. The Balaban J connectivity index is 1.57. The molecule has 4 rings (SSSR count). The average Bonchev–Trinajstić information content (AvgIpc) is 2.85. The molecule has 0 saturated heterocycles. The number of esters is 1. The summed E-state index contributed by atoms with van der Waals surface area (Å²) in [6, 6.07) is 0. The van der Waals surface area contributed by atoms with Crippen molar-refractivity contribution in [1.82, 2.24) is 0 Å². The molecule has 0 aromatic heterocycles. The van der Waals surface area contributed by atoms with Crippen molar-refractivity contribution in [2.45, 2.75) is 92.1 Å². The van der Waals surface area contributed by atoms with Gasteiger partial charge in [-0.1, -0.05) is 19.4 Å². The summed E-state index contributed by atoms with van der Waals surface area (Å²) in [4.78, 5) is 23.8. The summed E-state index contributed by atoms with van der Waals surface area (Å²) in [6.45, 7) is 10.4. The molecule has 4 aliphatic rings. The zero-order chi connectivity index (χ0) is 19.6. The van der Waals surface area contributed by atoms with Crippen LogP contribution in [0, 0.1) is 34.5 Å².